The molecule has 12 heavy (non-hydrogen) atoms. The second-order valence-electron chi connectivity index (χ2n) is 3.68. The summed E-state index contributed by atoms with van der Waals surface area (Å²) in [5.41, 5.74) is 0. The minimum absolute atomic E-state index is 0.518. The maximum absolute atomic E-state index is 6.12. The van der Waals surface area contributed by atoms with E-state index in [0.29, 0.717) is 6.10 Å². The van der Waals surface area contributed by atoms with Gasteiger partial charge in [0.15, 0.2) is 0 Å². The summed E-state index contributed by atoms with van der Waals surface area (Å²) >= 11 is -1.07. The van der Waals surface area contributed by atoms with Crippen molar-refractivity contribution in [3.63, 3.8) is 0 Å². The van der Waals surface area contributed by atoms with E-state index in [-0.39, 0.29) is 0 Å². The molecule has 0 N–H and O–H groups in total. The van der Waals surface area contributed by atoms with Gasteiger partial charge in [0.2, 0.25) is 0 Å². The van der Waals surface area contributed by atoms with Gasteiger partial charge in [0.05, 0.1) is 0 Å². The molecule has 0 bridgehead atoms. The summed E-state index contributed by atoms with van der Waals surface area (Å²) in [6, 6.07) is 0. The zero-order chi connectivity index (χ0) is 8.81. The van der Waals surface area contributed by atoms with Gasteiger partial charge in [-0.2, -0.15) is 0 Å². The molecule has 0 saturated heterocycles. The van der Waals surface area contributed by atoms with Crippen LogP contribution in [0.2, 0.25) is 3.43 Å². The third kappa shape index (κ3) is 3.51. The number of hydrogen-bond donors (Lipinski definition) is 0. The van der Waals surface area contributed by atoms with Crippen LogP contribution in [0.5, 0.6) is 0 Å². The molecule has 3 heteroatoms. The summed E-state index contributed by atoms with van der Waals surface area (Å²) < 4.78 is 6.32. The van der Waals surface area contributed by atoms with Crippen LogP contribution in [0, 0.1) is 0 Å². The maximum atomic E-state index is 6.12. The molecule has 0 aromatic heterocycles. The van der Waals surface area contributed by atoms with Gasteiger partial charge in [-0.3, -0.25) is 0 Å². The van der Waals surface area contributed by atoms with Crippen LogP contribution in [0.1, 0.15) is 38.5 Å². The van der Waals surface area contributed by atoms with Gasteiger partial charge in [0.1, 0.15) is 0 Å². The zero-order valence-electron chi connectivity index (χ0n) is 7.89. The van der Waals surface area contributed by atoms with Crippen LogP contribution in [0.3, 0.4) is 0 Å². The van der Waals surface area contributed by atoms with Crippen molar-refractivity contribution in [2.24, 2.45) is 0 Å². The fraction of sp³-hybridized carbons (Fsp3) is 1.00. The van der Waals surface area contributed by atoms with Crippen molar-refractivity contribution in [2.75, 3.05) is 7.11 Å². The quantitative estimate of drug-likeness (QED) is 0.671. The van der Waals surface area contributed by atoms with Crippen LogP contribution in [0.15, 0.2) is 0 Å². The Bertz CT molecular complexity index is 107. The molecule has 0 amide bonds. The molecule has 1 saturated carbocycles. The molecule has 2 atom stereocenters. The van der Waals surface area contributed by atoms with E-state index in [1.807, 2.05) is 7.11 Å². The molecule has 0 unspecified atom stereocenters. The average Bonchev–Trinajstić information content (AvgIpc) is 2.05. The number of ether oxygens (including phenoxy) is 1. The molecule has 1 nitrogen and oxygen atoms in total. The summed E-state index contributed by atoms with van der Waals surface area (Å²) in [6.07, 6.45) is 8.67. The first-order valence-electron chi connectivity index (χ1n) is 4.97. The standard InChI is InChI=1S/C9H17O.ClH.Hg/c1-10-9-7-5-3-2-4-6-8-9;;/h7,9H,2-6,8H2,1H3;1H;/q;;+1/p-1/t9-;;/m0../s1. The molecule has 0 radical (unpaired) electrons. The van der Waals surface area contributed by atoms with E-state index in [2.05, 4.69) is 0 Å². The van der Waals surface area contributed by atoms with E-state index < -0.39 is 23.3 Å². The van der Waals surface area contributed by atoms with Crippen LogP contribution in [0.4, 0.5) is 0 Å². The Kier molecular flexibility index (Phi) is 6.20. The van der Waals surface area contributed by atoms with Crippen molar-refractivity contribution in [2.45, 2.75) is 48.1 Å². The Morgan fingerprint density at radius 2 is 1.83 bits per heavy atom. The van der Waals surface area contributed by atoms with Crippen molar-refractivity contribution in [3.8, 4) is 0 Å². The SMILES string of the molecule is CO[C@@H]1CCCCCC[C@H]1[Hg][Cl]. The summed E-state index contributed by atoms with van der Waals surface area (Å²) in [5, 5.41) is 0. The fourth-order valence-electron chi connectivity index (χ4n) is 2.01. The van der Waals surface area contributed by atoms with E-state index in [1.54, 1.807) is 0 Å². The van der Waals surface area contributed by atoms with Crippen molar-refractivity contribution in [3.05, 3.63) is 0 Å². The van der Waals surface area contributed by atoms with Gasteiger partial charge in [-0.15, -0.1) is 0 Å². The zero-order valence-corrected chi connectivity index (χ0v) is 14.1. The molecule has 1 fully saturated rings. The van der Waals surface area contributed by atoms with Crippen LogP contribution in [-0.2, 0) is 28.1 Å². The van der Waals surface area contributed by atoms with Gasteiger partial charge >= 0.3 is 91.5 Å². The van der Waals surface area contributed by atoms with E-state index >= 15 is 0 Å². The van der Waals surface area contributed by atoms with E-state index in [4.69, 9.17) is 13.0 Å². The summed E-state index contributed by atoms with van der Waals surface area (Å²) in [5.74, 6) is 0. The van der Waals surface area contributed by atoms with Crippen LogP contribution in [0.25, 0.3) is 0 Å². The third-order valence-electron chi connectivity index (χ3n) is 2.84. The van der Waals surface area contributed by atoms with Crippen molar-refractivity contribution < 1.29 is 28.1 Å². The molecular weight excluding hydrogens is 360 g/mol. The van der Waals surface area contributed by atoms with E-state index in [0.717, 1.165) is 3.43 Å². The molecule has 0 spiro atoms. The van der Waals surface area contributed by atoms with Gasteiger partial charge < -0.3 is 0 Å². The monoisotopic (exact) mass is 378 g/mol. The molecule has 1 rings (SSSR count). The Morgan fingerprint density at radius 1 is 1.17 bits per heavy atom. The first kappa shape index (κ1) is 11.3. The fourth-order valence-corrected chi connectivity index (χ4v) is 9.27. The molecule has 68 valence electrons. The van der Waals surface area contributed by atoms with Crippen molar-refractivity contribution in [1.82, 2.24) is 0 Å². The van der Waals surface area contributed by atoms with Gasteiger partial charge in [0.25, 0.3) is 0 Å². The van der Waals surface area contributed by atoms with Crippen molar-refractivity contribution in [1.29, 1.82) is 0 Å². The minimum atomic E-state index is -1.07. The van der Waals surface area contributed by atoms with E-state index in [1.165, 1.54) is 38.5 Å². The third-order valence-corrected chi connectivity index (χ3v) is 11.5. The predicted molar refractivity (Wildman–Crippen MR) is 48.1 cm³/mol. The molecule has 0 heterocycles. The summed E-state index contributed by atoms with van der Waals surface area (Å²) in [7, 11) is 7.97. The molecule has 1 aliphatic rings. The van der Waals surface area contributed by atoms with E-state index in [9.17, 15) is 0 Å². The molecule has 0 aliphatic heterocycles. The van der Waals surface area contributed by atoms with Crippen molar-refractivity contribution >= 4 is 8.25 Å². The van der Waals surface area contributed by atoms with Gasteiger partial charge in [-0.25, -0.2) is 0 Å². The second-order valence-corrected chi connectivity index (χ2v) is 11.7. The first-order chi connectivity index (χ1) is 5.88. The number of rotatable bonds is 2. The molecule has 0 aromatic carbocycles. The Labute approximate surface area is 91.1 Å². The van der Waals surface area contributed by atoms with Gasteiger partial charge in [-0.1, -0.05) is 0 Å². The Hall–Kier alpha value is 1.19. The predicted octanol–water partition coefficient (Wildman–Crippen LogP) is 3.38. The summed E-state index contributed by atoms with van der Waals surface area (Å²) in [4.78, 5) is 0. The summed E-state index contributed by atoms with van der Waals surface area (Å²) in [6.45, 7) is 0. The Balaban J connectivity index is 2.39. The number of halogens is 1. The molecule has 1 aliphatic carbocycles. The topological polar surface area (TPSA) is 9.23 Å². The normalized spacial score (nSPS) is 31.8. The number of methoxy groups -OCH3 is 1. The molecule has 0 aromatic rings. The van der Waals surface area contributed by atoms with Crippen LogP contribution in [-0.4, -0.2) is 13.2 Å². The van der Waals surface area contributed by atoms with Gasteiger partial charge in [0, 0.05) is 0 Å². The number of hydrogen-bond acceptors (Lipinski definition) is 1. The molecular formula is C9H17ClHgO. The van der Waals surface area contributed by atoms with Crippen LogP contribution >= 0.6 is 8.25 Å². The second kappa shape index (κ2) is 6.61. The Morgan fingerprint density at radius 3 is 2.42 bits per heavy atom. The first-order valence-corrected chi connectivity index (χ1v) is 14.9. The van der Waals surface area contributed by atoms with Crippen LogP contribution < -0.4 is 0 Å². The average molecular weight is 377 g/mol. The van der Waals surface area contributed by atoms with Gasteiger partial charge in [-0.05, 0) is 0 Å².